The number of nitrogens with zero attached hydrogens (tertiary/aromatic N) is 2. The first kappa shape index (κ1) is 15.5. The average molecular weight is 325 g/mol. The molecule has 1 amide bonds. The number of carbonyl (C=O) groups is 1. The molecule has 0 spiro atoms. The van der Waals surface area contributed by atoms with E-state index in [4.69, 9.17) is 10.5 Å². The Bertz CT molecular complexity index is 1050. The number of hydrogen-bond donors (Lipinski definition) is 1. The van der Waals surface area contributed by atoms with E-state index in [0.29, 0.717) is 22.3 Å². The summed E-state index contributed by atoms with van der Waals surface area (Å²) in [5.41, 5.74) is 4.87. The maximum atomic E-state index is 12.8. The zero-order chi connectivity index (χ0) is 17.3. The first-order valence-electron chi connectivity index (χ1n) is 7.20. The van der Waals surface area contributed by atoms with E-state index < -0.39 is 17.2 Å². The number of methoxy groups -OCH3 is 1. The minimum Gasteiger partial charge on any atom is -0.497 e. The molecule has 24 heavy (non-hydrogen) atoms. The van der Waals surface area contributed by atoms with Crippen molar-refractivity contribution in [3.05, 3.63) is 69.4 Å². The number of fused-ring (bicyclic) bond motifs is 1. The third-order valence-electron chi connectivity index (χ3n) is 3.68. The van der Waals surface area contributed by atoms with Crippen LogP contribution in [0.1, 0.15) is 0 Å². The zero-order valence-electron chi connectivity index (χ0n) is 12.9. The number of carbonyl (C=O) groups excluding carboxylic acids is 1. The molecule has 1 heterocycles. The van der Waals surface area contributed by atoms with Crippen LogP contribution in [0.15, 0.2) is 58.1 Å². The van der Waals surface area contributed by atoms with Gasteiger partial charge in [0.05, 0.1) is 23.7 Å². The smallest absolute Gasteiger partial charge is 0.336 e. The van der Waals surface area contributed by atoms with Crippen molar-refractivity contribution >= 4 is 16.8 Å². The van der Waals surface area contributed by atoms with Gasteiger partial charge < -0.3 is 10.5 Å². The summed E-state index contributed by atoms with van der Waals surface area (Å²) in [5.74, 6) is -0.161. The lowest BCUT2D eigenvalue weighted by atomic mass is 10.2. The van der Waals surface area contributed by atoms with Gasteiger partial charge in [0.2, 0.25) is 5.91 Å². The maximum Gasteiger partial charge on any atom is 0.336 e. The van der Waals surface area contributed by atoms with Crippen molar-refractivity contribution in [3.63, 3.8) is 0 Å². The Hall–Kier alpha value is -3.35. The summed E-state index contributed by atoms with van der Waals surface area (Å²) in [6.45, 7) is -0.316. The summed E-state index contributed by atoms with van der Waals surface area (Å²) < 4.78 is 7.34. The van der Waals surface area contributed by atoms with Crippen LogP contribution in [0.4, 0.5) is 0 Å². The van der Waals surface area contributed by atoms with Crippen molar-refractivity contribution in [2.24, 2.45) is 5.73 Å². The van der Waals surface area contributed by atoms with E-state index in [2.05, 4.69) is 0 Å². The standard InChI is InChI=1S/C17H15N3O4/c1-24-12-6-4-5-11(9-12)20-16(22)13-7-2-3-8-14(13)19(17(20)23)10-15(18)21/h2-9H,10H2,1H3,(H2,18,21). The molecule has 0 saturated carbocycles. The monoisotopic (exact) mass is 325 g/mol. The summed E-state index contributed by atoms with van der Waals surface area (Å²) in [5, 5.41) is 0.321. The molecule has 2 aromatic carbocycles. The van der Waals surface area contributed by atoms with Gasteiger partial charge in [-0.2, -0.15) is 0 Å². The quantitative estimate of drug-likeness (QED) is 0.761. The summed E-state index contributed by atoms with van der Waals surface area (Å²) in [6.07, 6.45) is 0. The van der Waals surface area contributed by atoms with Crippen LogP contribution < -0.4 is 21.7 Å². The molecule has 0 aliphatic rings. The van der Waals surface area contributed by atoms with Crippen molar-refractivity contribution in [2.75, 3.05) is 7.11 Å². The normalized spacial score (nSPS) is 10.7. The van der Waals surface area contributed by atoms with Gasteiger partial charge in [-0.1, -0.05) is 18.2 Å². The number of amides is 1. The van der Waals surface area contributed by atoms with Gasteiger partial charge in [0.1, 0.15) is 12.3 Å². The fourth-order valence-electron chi connectivity index (χ4n) is 2.61. The maximum absolute atomic E-state index is 12.8. The molecule has 3 rings (SSSR count). The van der Waals surface area contributed by atoms with Crippen molar-refractivity contribution in [1.29, 1.82) is 0 Å². The summed E-state index contributed by atoms with van der Waals surface area (Å²) >= 11 is 0. The SMILES string of the molecule is COc1cccc(-n2c(=O)c3ccccc3n(CC(N)=O)c2=O)c1. The molecule has 1 aromatic heterocycles. The molecule has 0 aliphatic carbocycles. The minimum atomic E-state index is -0.668. The Morgan fingerprint density at radius 3 is 2.58 bits per heavy atom. The Morgan fingerprint density at radius 1 is 1.12 bits per heavy atom. The molecule has 0 fully saturated rings. The summed E-state index contributed by atoms with van der Waals surface area (Å²) in [6, 6.07) is 13.2. The van der Waals surface area contributed by atoms with Gasteiger partial charge >= 0.3 is 5.69 Å². The molecule has 7 nitrogen and oxygen atoms in total. The van der Waals surface area contributed by atoms with Crippen molar-refractivity contribution < 1.29 is 9.53 Å². The van der Waals surface area contributed by atoms with Gasteiger partial charge in [-0.05, 0) is 24.3 Å². The van der Waals surface area contributed by atoms with Crippen molar-refractivity contribution in [2.45, 2.75) is 6.54 Å². The number of benzene rings is 2. The second kappa shape index (κ2) is 6.04. The lowest BCUT2D eigenvalue weighted by molar-refractivity contribution is -0.118. The second-order valence-corrected chi connectivity index (χ2v) is 5.19. The molecule has 0 radical (unpaired) electrons. The van der Waals surface area contributed by atoms with E-state index in [0.717, 1.165) is 4.57 Å². The number of hydrogen-bond acceptors (Lipinski definition) is 4. The molecule has 122 valence electrons. The lowest BCUT2D eigenvalue weighted by Crippen LogP contribution is -2.41. The first-order chi connectivity index (χ1) is 11.5. The van der Waals surface area contributed by atoms with Crippen LogP contribution in [0, 0.1) is 0 Å². The van der Waals surface area contributed by atoms with E-state index in [-0.39, 0.29) is 6.54 Å². The Morgan fingerprint density at radius 2 is 1.88 bits per heavy atom. The van der Waals surface area contributed by atoms with Crippen LogP contribution >= 0.6 is 0 Å². The predicted octanol–water partition coefficient (Wildman–Crippen LogP) is 0.646. The summed E-state index contributed by atoms with van der Waals surface area (Å²) in [7, 11) is 1.49. The highest BCUT2D eigenvalue weighted by molar-refractivity contribution is 5.81. The highest BCUT2D eigenvalue weighted by atomic mass is 16.5. The lowest BCUT2D eigenvalue weighted by Gasteiger charge is -2.13. The minimum absolute atomic E-state index is 0.316. The van der Waals surface area contributed by atoms with Crippen molar-refractivity contribution in [1.82, 2.24) is 9.13 Å². The summed E-state index contributed by atoms with van der Waals surface area (Å²) in [4.78, 5) is 36.9. The second-order valence-electron chi connectivity index (χ2n) is 5.19. The molecule has 3 aromatic rings. The van der Waals surface area contributed by atoms with Gasteiger partial charge in [0.25, 0.3) is 5.56 Å². The van der Waals surface area contributed by atoms with E-state index in [9.17, 15) is 14.4 Å². The Balaban J connectivity index is 2.42. The van der Waals surface area contributed by atoms with Crippen LogP contribution in [-0.2, 0) is 11.3 Å². The third kappa shape index (κ3) is 2.56. The van der Waals surface area contributed by atoms with Crippen LogP contribution in [0.3, 0.4) is 0 Å². The van der Waals surface area contributed by atoms with Gasteiger partial charge in [-0.3, -0.25) is 14.2 Å². The largest absolute Gasteiger partial charge is 0.497 e. The van der Waals surface area contributed by atoms with Crippen LogP contribution in [0.25, 0.3) is 16.6 Å². The highest BCUT2D eigenvalue weighted by Crippen LogP contribution is 2.15. The van der Waals surface area contributed by atoms with E-state index >= 15 is 0 Å². The Kier molecular flexibility index (Phi) is 3.91. The number of aromatic nitrogens is 2. The number of nitrogens with two attached hydrogens (primary N) is 1. The van der Waals surface area contributed by atoms with Crippen LogP contribution in [0.2, 0.25) is 0 Å². The van der Waals surface area contributed by atoms with Gasteiger partial charge in [0.15, 0.2) is 0 Å². The Labute approximate surface area is 136 Å². The fourth-order valence-corrected chi connectivity index (χ4v) is 2.61. The van der Waals surface area contributed by atoms with Crippen LogP contribution in [0.5, 0.6) is 5.75 Å². The highest BCUT2D eigenvalue weighted by Gasteiger charge is 2.15. The molecule has 0 saturated heterocycles. The van der Waals surface area contributed by atoms with Crippen molar-refractivity contribution in [3.8, 4) is 11.4 Å². The first-order valence-corrected chi connectivity index (χ1v) is 7.20. The predicted molar refractivity (Wildman–Crippen MR) is 89.6 cm³/mol. The molecule has 0 unspecified atom stereocenters. The van der Waals surface area contributed by atoms with Crippen LogP contribution in [-0.4, -0.2) is 22.2 Å². The number of ether oxygens (including phenoxy) is 1. The van der Waals surface area contributed by atoms with E-state index in [1.807, 2.05) is 0 Å². The number of rotatable bonds is 4. The number of primary amides is 1. The fraction of sp³-hybridized carbons (Fsp3) is 0.118. The van der Waals surface area contributed by atoms with E-state index in [1.165, 1.54) is 11.7 Å². The molecule has 2 N–H and O–H groups in total. The molecule has 0 bridgehead atoms. The average Bonchev–Trinajstić information content (AvgIpc) is 2.59. The van der Waals surface area contributed by atoms with Gasteiger partial charge in [-0.15, -0.1) is 0 Å². The number of para-hydroxylation sites is 1. The zero-order valence-corrected chi connectivity index (χ0v) is 12.9. The topological polar surface area (TPSA) is 96.3 Å². The molecule has 0 atom stereocenters. The van der Waals surface area contributed by atoms with Gasteiger partial charge in [0, 0.05) is 6.07 Å². The molecular formula is C17H15N3O4. The molecular weight excluding hydrogens is 310 g/mol. The third-order valence-corrected chi connectivity index (χ3v) is 3.68. The van der Waals surface area contributed by atoms with E-state index in [1.54, 1.807) is 48.5 Å². The molecule has 7 heteroatoms. The van der Waals surface area contributed by atoms with Gasteiger partial charge in [-0.25, -0.2) is 9.36 Å². The molecule has 0 aliphatic heterocycles.